The zero-order valence-corrected chi connectivity index (χ0v) is 13.6. The molecule has 5 rings (SSSR count). The van der Waals surface area contributed by atoms with E-state index in [1.807, 2.05) is 24.3 Å². The van der Waals surface area contributed by atoms with Crippen LogP contribution in [0.2, 0.25) is 0 Å². The van der Waals surface area contributed by atoms with Crippen molar-refractivity contribution in [2.24, 2.45) is 0 Å². The minimum atomic E-state index is 0.470. The summed E-state index contributed by atoms with van der Waals surface area (Å²) in [4.78, 5) is 0. The van der Waals surface area contributed by atoms with Gasteiger partial charge in [0.1, 0.15) is 0 Å². The van der Waals surface area contributed by atoms with Crippen molar-refractivity contribution in [1.82, 2.24) is 0 Å². The average Bonchev–Trinajstić information content (AvgIpc) is 2.98. The van der Waals surface area contributed by atoms with Crippen molar-refractivity contribution >= 4 is 22.2 Å². The Kier molecular flexibility index (Phi) is 2.83. The molecule has 0 aliphatic heterocycles. The lowest BCUT2D eigenvalue weighted by Crippen LogP contribution is -2.06. The zero-order valence-electron chi connectivity index (χ0n) is 13.6. The first kappa shape index (κ1) is 14.0. The van der Waals surface area contributed by atoms with E-state index in [9.17, 15) is 0 Å². The molecule has 2 heteroatoms. The van der Waals surface area contributed by atoms with Crippen LogP contribution < -0.4 is 5.73 Å². The van der Waals surface area contributed by atoms with E-state index in [2.05, 4.69) is 54.6 Å². The number of hydrogen-bond donors (Lipinski definition) is 2. The molecule has 1 aliphatic carbocycles. The SMILES string of the molecule is N=C(c1ccccc1N)c1ccc2c3c(cccc13)-c1ccccc1-2. The van der Waals surface area contributed by atoms with Crippen molar-refractivity contribution in [2.45, 2.75) is 0 Å². The molecule has 0 aromatic heterocycles. The number of nitrogen functional groups attached to an aromatic ring is 1. The van der Waals surface area contributed by atoms with Crippen LogP contribution >= 0.6 is 0 Å². The molecule has 0 saturated carbocycles. The maximum atomic E-state index is 8.74. The van der Waals surface area contributed by atoms with Crippen molar-refractivity contribution in [3.8, 4) is 22.3 Å². The molecule has 25 heavy (non-hydrogen) atoms. The van der Waals surface area contributed by atoms with Gasteiger partial charge in [-0.15, -0.1) is 0 Å². The minimum Gasteiger partial charge on any atom is -0.398 e. The Balaban J connectivity index is 1.80. The van der Waals surface area contributed by atoms with Crippen molar-refractivity contribution in [3.05, 3.63) is 90.0 Å². The highest BCUT2D eigenvalue weighted by atomic mass is 14.6. The summed E-state index contributed by atoms with van der Waals surface area (Å²) in [6, 6.07) is 26.6. The summed E-state index contributed by atoms with van der Waals surface area (Å²) in [6.45, 7) is 0. The predicted molar refractivity (Wildman–Crippen MR) is 105 cm³/mol. The third kappa shape index (κ3) is 1.88. The molecular weight excluding hydrogens is 304 g/mol. The lowest BCUT2D eigenvalue weighted by atomic mass is 9.93. The Labute approximate surface area is 146 Å². The van der Waals surface area contributed by atoms with Crippen LogP contribution in [0, 0.1) is 5.41 Å². The average molecular weight is 320 g/mol. The van der Waals surface area contributed by atoms with Gasteiger partial charge >= 0.3 is 0 Å². The highest BCUT2D eigenvalue weighted by Gasteiger charge is 2.23. The summed E-state index contributed by atoms with van der Waals surface area (Å²) >= 11 is 0. The van der Waals surface area contributed by atoms with Gasteiger partial charge in [0, 0.05) is 16.8 Å². The van der Waals surface area contributed by atoms with Crippen molar-refractivity contribution in [1.29, 1.82) is 5.41 Å². The Morgan fingerprint density at radius 1 is 0.600 bits per heavy atom. The summed E-state index contributed by atoms with van der Waals surface area (Å²) in [5, 5.41) is 11.1. The summed E-state index contributed by atoms with van der Waals surface area (Å²) in [7, 11) is 0. The van der Waals surface area contributed by atoms with Gasteiger partial charge < -0.3 is 5.73 Å². The standard InChI is InChI=1S/C23H16N2/c24-21-11-4-3-8-20(21)23(25)19-13-12-18-15-7-2-1-6-14(15)16-9-5-10-17(19)22(16)18/h1-13,25H,24H2. The predicted octanol–water partition coefficient (Wildman–Crippen LogP) is 5.49. The van der Waals surface area contributed by atoms with Gasteiger partial charge in [-0.25, -0.2) is 0 Å². The molecule has 4 aromatic rings. The van der Waals surface area contributed by atoms with Gasteiger partial charge in [0.25, 0.3) is 0 Å². The first-order valence-corrected chi connectivity index (χ1v) is 8.35. The first-order chi connectivity index (χ1) is 12.3. The summed E-state index contributed by atoms with van der Waals surface area (Å²) in [5.74, 6) is 0. The van der Waals surface area contributed by atoms with Crippen molar-refractivity contribution in [2.75, 3.05) is 5.73 Å². The molecule has 0 fully saturated rings. The van der Waals surface area contributed by atoms with Crippen LogP contribution in [0.5, 0.6) is 0 Å². The smallest absolute Gasteiger partial charge is 0.0711 e. The van der Waals surface area contributed by atoms with E-state index < -0.39 is 0 Å². The number of benzene rings is 4. The molecule has 3 N–H and O–H groups in total. The summed E-state index contributed by atoms with van der Waals surface area (Å²) in [6.07, 6.45) is 0. The second kappa shape index (κ2) is 5.05. The molecule has 0 atom stereocenters. The van der Waals surface area contributed by atoms with E-state index in [0.717, 1.165) is 16.5 Å². The lowest BCUT2D eigenvalue weighted by Gasteiger charge is -2.12. The third-order valence-corrected chi connectivity index (χ3v) is 5.05. The molecule has 118 valence electrons. The second-order valence-corrected chi connectivity index (χ2v) is 6.40. The van der Waals surface area contributed by atoms with Gasteiger partial charge in [-0.1, -0.05) is 72.8 Å². The third-order valence-electron chi connectivity index (χ3n) is 5.05. The normalized spacial score (nSPS) is 11.5. The highest BCUT2D eigenvalue weighted by Crippen LogP contribution is 2.47. The number of fused-ring (bicyclic) bond motifs is 3. The summed E-state index contributed by atoms with van der Waals surface area (Å²) in [5.41, 5.74) is 13.9. The van der Waals surface area contributed by atoms with Crippen LogP contribution in [0.1, 0.15) is 11.1 Å². The second-order valence-electron chi connectivity index (χ2n) is 6.40. The minimum absolute atomic E-state index is 0.470. The highest BCUT2D eigenvalue weighted by molar-refractivity contribution is 6.25. The Morgan fingerprint density at radius 2 is 1.24 bits per heavy atom. The van der Waals surface area contributed by atoms with Gasteiger partial charge in [-0.2, -0.15) is 0 Å². The first-order valence-electron chi connectivity index (χ1n) is 8.35. The van der Waals surface area contributed by atoms with E-state index in [1.165, 1.54) is 27.6 Å². The Morgan fingerprint density at radius 3 is 2.00 bits per heavy atom. The fourth-order valence-electron chi connectivity index (χ4n) is 3.90. The molecule has 1 aliphatic rings. The number of nitrogens with one attached hydrogen (secondary N) is 1. The number of nitrogens with two attached hydrogens (primary N) is 1. The number of hydrogen-bond acceptors (Lipinski definition) is 2. The van der Waals surface area contributed by atoms with Gasteiger partial charge in [0.2, 0.25) is 0 Å². The van der Waals surface area contributed by atoms with E-state index in [1.54, 1.807) is 0 Å². The topological polar surface area (TPSA) is 49.9 Å². The molecule has 0 radical (unpaired) electrons. The zero-order chi connectivity index (χ0) is 17.0. The van der Waals surface area contributed by atoms with Gasteiger partial charge in [-0.3, -0.25) is 5.41 Å². The molecule has 0 unspecified atom stereocenters. The Bertz CT molecular complexity index is 1140. The van der Waals surface area contributed by atoms with Gasteiger partial charge in [-0.05, 0) is 39.1 Å². The maximum Gasteiger partial charge on any atom is 0.0711 e. The number of para-hydroxylation sites is 1. The van der Waals surface area contributed by atoms with Crippen LogP contribution in [0.4, 0.5) is 5.69 Å². The van der Waals surface area contributed by atoms with Crippen LogP contribution in [0.25, 0.3) is 33.0 Å². The molecule has 4 aromatic carbocycles. The molecule has 0 amide bonds. The van der Waals surface area contributed by atoms with E-state index in [-0.39, 0.29) is 0 Å². The fourth-order valence-corrected chi connectivity index (χ4v) is 3.90. The molecule has 0 heterocycles. The maximum absolute atomic E-state index is 8.74. The van der Waals surface area contributed by atoms with Crippen molar-refractivity contribution in [3.63, 3.8) is 0 Å². The lowest BCUT2D eigenvalue weighted by molar-refractivity contribution is 1.47. The molecular formula is C23H16N2. The van der Waals surface area contributed by atoms with E-state index in [0.29, 0.717) is 11.4 Å². The largest absolute Gasteiger partial charge is 0.398 e. The number of anilines is 1. The quantitative estimate of drug-likeness (QED) is 0.328. The van der Waals surface area contributed by atoms with Crippen LogP contribution in [0.3, 0.4) is 0 Å². The van der Waals surface area contributed by atoms with Gasteiger partial charge in [0.15, 0.2) is 0 Å². The Hall–Kier alpha value is -3.39. The molecule has 0 bridgehead atoms. The molecule has 0 saturated heterocycles. The van der Waals surface area contributed by atoms with Crippen LogP contribution in [0.15, 0.2) is 78.9 Å². The molecule has 0 spiro atoms. The fraction of sp³-hybridized carbons (Fsp3) is 0. The van der Waals surface area contributed by atoms with Crippen molar-refractivity contribution < 1.29 is 0 Å². The number of rotatable bonds is 2. The van der Waals surface area contributed by atoms with E-state index in [4.69, 9.17) is 11.1 Å². The van der Waals surface area contributed by atoms with Crippen LogP contribution in [-0.4, -0.2) is 5.71 Å². The van der Waals surface area contributed by atoms with Crippen LogP contribution in [-0.2, 0) is 0 Å². The summed E-state index contributed by atoms with van der Waals surface area (Å²) < 4.78 is 0. The monoisotopic (exact) mass is 320 g/mol. The van der Waals surface area contributed by atoms with E-state index >= 15 is 0 Å². The van der Waals surface area contributed by atoms with Gasteiger partial charge in [0.05, 0.1) is 5.71 Å². The molecule has 2 nitrogen and oxygen atoms in total.